The average Bonchev–Trinajstić information content (AvgIpc) is 2.30. The number of hydrogen-bond donors (Lipinski definition) is 3. The molecule has 5 nitrogen and oxygen atoms in total. The van der Waals surface area contributed by atoms with Crippen LogP contribution in [0.5, 0.6) is 0 Å². The SMILES string of the molecule is COCCC(C)(O)CNC(=O)CCCCCN. The Labute approximate surface area is 104 Å². The molecule has 0 aromatic heterocycles. The zero-order valence-electron chi connectivity index (χ0n) is 11.0. The van der Waals surface area contributed by atoms with Crippen molar-refractivity contribution in [3.63, 3.8) is 0 Å². The van der Waals surface area contributed by atoms with Crippen molar-refractivity contribution in [2.45, 2.75) is 44.6 Å². The molecule has 1 amide bonds. The van der Waals surface area contributed by atoms with Crippen LogP contribution in [0, 0.1) is 0 Å². The predicted molar refractivity (Wildman–Crippen MR) is 67.6 cm³/mol. The molecule has 5 heteroatoms. The molecule has 0 aromatic rings. The first-order valence-electron chi connectivity index (χ1n) is 6.20. The summed E-state index contributed by atoms with van der Waals surface area (Å²) < 4.78 is 4.89. The Morgan fingerprint density at radius 2 is 2.12 bits per heavy atom. The molecular formula is C12H26N2O3. The number of amides is 1. The predicted octanol–water partition coefficient (Wildman–Crippen LogP) is 0.409. The van der Waals surface area contributed by atoms with E-state index in [1.807, 2.05) is 0 Å². The zero-order valence-corrected chi connectivity index (χ0v) is 11.0. The summed E-state index contributed by atoms with van der Waals surface area (Å²) in [5.74, 6) is -0.0142. The van der Waals surface area contributed by atoms with Gasteiger partial charge in [-0.2, -0.15) is 0 Å². The Kier molecular flexibility index (Phi) is 9.03. The largest absolute Gasteiger partial charge is 0.388 e. The van der Waals surface area contributed by atoms with Gasteiger partial charge in [-0.25, -0.2) is 0 Å². The summed E-state index contributed by atoms with van der Waals surface area (Å²) in [6.07, 6.45) is 3.80. The summed E-state index contributed by atoms with van der Waals surface area (Å²) >= 11 is 0. The van der Waals surface area contributed by atoms with Crippen LogP contribution in [0.25, 0.3) is 0 Å². The van der Waals surface area contributed by atoms with Crippen LogP contribution >= 0.6 is 0 Å². The van der Waals surface area contributed by atoms with Gasteiger partial charge in [0.2, 0.25) is 5.91 Å². The summed E-state index contributed by atoms with van der Waals surface area (Å²) in [5.41, 5.74) is 4.46. The second-order valence-corrected chi connectivity index (χ2v) is 4.62. The van der Waals surface area contributed by atoms with Crippen molar-refractivity contribution in [1.82, 2.24) is 5.32 Å². The molecule has 0 aliphatic heterocycles. The van der Waals surface area contributed by atoms with Crippen molar-refractivity contribution in [2.75, 3.05) is 26.8 Å². The summed E-state index contributed by atoms with van der Waals surface area (Å²) in [4.78, 5) is 11.4. The first-order valence-corrected chi connectivity index (χ1v) is 6.20. The summed E-state index contributed by atoms with van der Waals surface area (Å²) in [6.45, 7) is 3.12. The lowest BCUT2D eigenvalue weighted by Gasteiger charge is -2.23. The molecule has 0 saturated carbocycles. The molecule has 0 aliphatic rings. The van der Waals surface area contributed by atoms with E-state index in [0.717, 1.165) is 19.3 Å². The molecule has 0 radical (unpaired) electrons. The molecule has 0 aromatic carbocycles. The van der Waals surface area contributed by atoms with Crippen LogP contribution in [0.15, 0.2) is 0 Å². The molecule has 0 saturated heterocycles. The molecule has 0 aliphatic carbocycles. The van der Waals surface area contributed by atoms with E-state index in [0.29, 0.717) is 26.0 Å². The topological polar surface area (TPSA) is 84.6 Å². The molecule has 0 bridgehead atoms. The number of aliphatic hydroxyl groups is 1. The smallest absolute Gasteiger partial charge is 0.220 e. The summed E-state index contributed by atoms with van der Waals surface area (Å²) in [5, 5.41) is 12.6. The zero-order chi connectivity index (χ0) is 13.1. The molecule has 4 N–H and O–H groups in total. The number of carbonyl (C=O) groups excluding carboxylic acids is 1. The maximum atomic E-state index is 11.4. The highest BCUT2D eigenvalue weighted by Crippen LogP contribution is 2.07. The van der Waals surface area contributed by atoms with E-state index in [1.165, 1.54) is 0 Å². The number of nitrogens with two attached hydrogens (primary N) is 1. The van der Waals surface area contributed by atoms with Crippen LogP contribution in [-0.2, 0) is 9.53 Å². The molecule has 0 spiro atoms. The lowest BCUT2D eigenvalue weighted by molar-refractivity contribution is -0.122. The first kappa shape index (κ1) is 16.4. The van der Waals surface area contributed by atoms with Gasteiger partial charge in [0.1, 0.15) is 0 Å². The second kappa shape index (κ2) is 9.39. The van der Waals surface area contributed by atoms with E-state index in [-0.39, 0.29) is 12.5 Å². The second-order valence-electron chi connectivity index (χ2n) is 4.62. The first-order chi connectivity index (χ1) is 8.02. The van der Waals surface area contributed by atoms with E-state index < -0.39 is 5.60 Å². The Bertz CT molecular complexity index is 208. The number of carbonyl (C=O) groups is 1. The van der Waals surface area contributed by atoms with Crippen molar-refractivity contribution in [1.29, 1.82) is 0 Å². The Morgan fingerprint density at radius 1 is 1.41 bits per heavy atom. The third-order valence-corrected chi connectivity index (χ3v) is 2.62. The highest BCUT2D eigenvalue weighted by atomic mass is 16.5. The standard InChI is InChI=1S/C12H26N2O3/c1-12(16,7-9-17-2)10-14-11(15)6-4-3-5-8-13/h16H,3-10,13H2,1-2H3,(H,14,15). The van der Waals surface area contributed by atoms with Gasteiger partial charge < -0.3 is 20.9 Å². The van der Waals surface area contributed by atoms with Gasteiger partial charge in [-0.15, -0.1) is 0 Å². The van der Waals surface area contributed by atoms with E-state index in [4.69, 9.17) is 10.5 Å². The summed E-state index contributed by atoms with van der Waals surface area (Å²) in [7, 11) is 1.59. The van der Waals surface area contributed by atoms with Gasteiger partial charge in [0.25, 0.3) is 0 Å². The van der Waals surface area contributed by atoms with Gasteiger partial charge in [-0.3, -0.25) is 4.79 Å². The highest BCUT2D eigenvalue weighted by molar-refractivity contribution is 5.75. The Balaban J connectivity index is 3.60. The number of methoxy groups -OCH3 is 1. The van der Waals surface area contributed by atoms with Crippen LogP contribution in [0.2, 0.25) is 0 Å². The molecule has 0 heterocycles. The van der Waals surface area contributed by atoms with Gasteiger partial charge in [0, 0.05) is 33.1 Å². The third kappa shape index (κ3) is 10.2. The van der Waals surface area contributed by atoms with Crippen molar-refractivity contribution in [2.24, 2.45) is 5.73 Å². The molecular weight excluding hydrogens is 220 g/mol. The molecule has 102 valence electrons. The van der Waals surface area contributed by atoms with E-state index in [1.54, 1.807) is 14.0 Å². The van der Waals surface area contributed by atoms with Gasteiger partial charge >= 0.3 is 0 Å². The fraction of sp³-hybridized carbons (Fsp3) is 0.917. The van der Waals surface area contributed by atoms with E-state index in [9.17, 15) is 9.90 Å². The van der Waals surface area contributed by atoms with Gasteiger partial charge in [-0.05, 0) is 26.3 Å². The minimum Gasteiger partial charge on any atom is -0.388 e. The van der Waals surface area contributed by atoms with Crippen LogP contribution in [0.1, 0.15) is 39.0 Å². The molecule has 17 heavy (non-hydrogen) atoms. The van der Waals surface area contributed by atoms with Crippen LogP contribution in [0.3, 0.4) is 0 Å². The quantitative estimate of drug-likeness (QED) is 0.487. The van der Waals surface area contributed by atoms with Crippen molar-refractivity contribution >= 4 is 5.91 Å². The summed E-state index contributed by atoms with van der Waals surface area (Å²) in [6, 6.07) is 0. The fourth-order valence-electron chi connectivity index (χ4n) is 1.39. The number of unbranched alkanes of at least 4 members (excludes halogenated alkanes) is 2. The minimum absolute atomic E-state index is 0.0142. The van der Waals surface area contributed by atoms with Gasteiger partial charge in [-0.1, -0.05) is 6.42 Å². The Hall–Kier alpha value is -0.650. The molecule has 1 unspecified atom stereocenters. The van der Waals surface area contributed by atoms with E-state index in [2.05, 4.69) is 5.32 Å². The minimum atomic E-state index is -0.900. The van der Waals surface area contributed by atoms with Crippen LogP contribution in [0.4, 0.5) is 0 Å². The molecule has 0 fully saturated rings. The maximum absolute atomic E-state index is 11.4. The van der Waals surface area contributed by atoms with Crippen molar-refractivity contribution in [3.8, 4) is 0 Å². The van der Waals surface area contributed by atoms with Gasteiger partial charge in [0.15, 0.2) is 0 Å². The number of nitrogens with one attached hydrogen (secondary N) is 1. The number of ether oxygens (including phenoxy) is 1. The average molecular weight is 246 g/mol. The number of rotatable bonds is 10. The lowest BCUT2D eigenvalue weighted by atomic mass is 10.0. The molecule has 1 atom stereocenters. The fourth-order valence-corrected chi connectivity index (χ4v) is 1.39. The van der Waals surface area contributed by atoms with Gasteiger partial charge in [0.05, 0.1) is 5.60 Å². The maximum Gasteiger partial charge on any atom is 0.220 e. The van der Waals surface area contributed by atoms with Crippen LogP contribution in [-0.4, -0.2) is 43.4 Å². The monoisotopic (exact) mass is 246 g/mol. The lowest BCUT2D eigenvalue weighted by Crippen LogP contribution is -2.41. The van der Waals surface area contributed by atoms with Crippen molar-refractivity contribution in [3.05, 3.63) is 0 Å². The Morgan fingerprint density at radius 3 is 2.71 bits per heavy atom. The number of hydrogen-bond acceptors (Lipinski definition) is 4. The van der Waals surface area contributed by atoms with E-state index >= 15 is 0 Å². The van der Waals surface area contributed by atoms with Crippen LogP contribution < -0.4 is 11.1 Å². The van der Waals surface area contributed by atoms with Crippen molar-refractivity contribution < 1.29 is 14.6 Å². The molecule has 0 rings (SSSR count). The highest BCUT2D eigenvalue weighted by Gasteiger charge is 2.20. The normalized spacial score (nSPS) is 14.4. The third-order valence-electron chi connectivity index (χ3n) is 2.62.